The molecule has 177 valence electrons. The van der Waals surface area contributed by atoms with Gasteiger partial charge in [-0.15, -0.1) is 0 Å². The molecule has 0 unspecified atom stereocenters. The predicted octanol–water partition coefficient (Wildman–Crippen LogP) is 4.29. The maximum absolute atomic E-state index is 9.46. The molecular weight excluding hydrogens is 467 g/mol. The van der Waals surface area contributed by atoms with Gasteiger partial charge in [-0.1, -0.05) is 84.9 Å². The van der Waals surface area contributed by atoms with Gasteiger partial charge in [0.05, 0.1) is 0 Å². The summed E-state index contributed by atoms with van der Waals surface area (Å²) in [6.45, 7) is 0.941. The van der Waals surface area contributed by atoms with E-state index in [0.29, 0.717) is 24.7 Å². The second-order valence-electron chi connectivity index (χ2n) is 6.48. The van der Waals surface area contributed by atoms with Gasteiger partial charge >= 0.3 is 0 Å². The molecule has 0 saturated carbocycles. The molecule has 0 saturated heterocycles. The summed E-state index contributed by atoms with van der Waals surface area (Å²) in [5, 5.41) is 18.9. The number of hydrogen-bond acceptors (Lipinski definition) is 4. The Morgan fingerprint density at radius 1 is 0.455 bits per heavy atom. The molecule has 7 heteroatoms. The van der Waals surface area contributed by atoms with Crippen LogP contribution in [-0.2, 0) is 30.0 Å². The van der Waals surface area contributed by atoms with Crippen molar-refractivity contribution in [3.05, 3.63) is 120 Å². The van der Waals surface area contributed by atoms with Crippen LogP contribution in [0.3, 0.4) is 0 Å². The van der Waals surface area contributed by atoms with Gasteiger partial charge in [0.25, 0.3) is 0 Å². The zero-order chi connectivity index (χ0) is 21.0. The molecule has 4 rings (SSSR count). The quantitative estimate of drug-likeness (QED) is 0.414. The number of hydrogen-bond donors (Lipinski definition) is 2. The van der Waals surface area contributed by atoms with Crippen molar-refractivity contribution in [3.8, 4) is 23.0 Å². The third-order valence-electron chi connectivity index (χ3n) is 4.20. The normalized spacial score (nSPS) is 8.97. The summed E-state index contributed by atoms with van der Waals surface area (Å²) >= 11 is 0. The van der Waals surface area contributed by atoms with Crippen molar-refractivity contribution in [2.24, 2.45) is 0 Å². The van der Waals surface area contributed by atoms with Gasteiger partial charge in [0.2, 0.25) is 0 Å². The molecule has 4 aromatic carbocycles. The van der Waals surface area contributed by atoms with Crippen molar-refractivity contribution < 1.29 is 47.4 Å². The molecule has 0 fully saturated rings. The van der Waals surface area contributed by atoms with Gasteiger partial charge in [0.15, 0.2) is 23.0 Å². The zero-order valence-corrected chi connectivity index (χ0v) is 18.9. The Morgan fingerprint density at radius 3 is 1.09 bits per heavy atom. The first-order valence-electron chi connectivity index (χ1n) is 9.62. The van der Waals surface area contributed by atoms with Crippen LogP contribution < -0.4 is 9.47 Å². The van der Waals surface area contributed by atoms with Gasteiger partial charge in [-0.3, -0.25) is 0 Å². The minimum absolute atomic E-state index is 0. The number of benzene rings is 4. The molecule has 0 amide bonds. The molecule has 0 aliphatic rings. The van der Waals surface area contributed by atoms with E-state index in [1.165, 1.54) is 0 Å². The van der Waals surface area contributed by atoms with E-state index < -0.39 is 0 Å². The molecule has 0 atom stereocenters. The molecule has 4 aromatic rings. The van der Waals surface area contributed by atoms with E-state index >= 15 is 0 Å². The van der Waals surface area contributed by atoms with E-state index in [0.717, 1.165) is 11.1 Å². The van der Waals surface area contributed by atoms with Crippen LogP contribution >= 0.6 is 0 Å². The fraction of sp³-hybridized carbons (Fsp3) is 0.0769. The van der Waals surface area contributed by atoms with Crippen LogP contribution in [0.25, 0.3) is 0 Å². The van der Waals surface area contributed by atoms with Crippen molar-refractivity contribution in [2.45, 2.75) is 13.2 Å². The van der Waals surface area contributed by atoms with Crippen molar-refractivity contribution in [1.29, 1.82) is 0 Å². The summed E-state index contributed by atoms with van der Waals surface area (Å²) in [5.41, 5.74) is 2.17. The Kier molecular flexibility index (Phi) is 14.5. The van der Waals surface area contributed by atoms with E-state index in [9.17, 15) is 10.2 Å². The fourth-order valence-corrected chi connectivity index (χ4v) is 2.63. The van der Waals surface area contributed by atoms with Gasteiger partial charge in [0, 0.05) is 16.8 Å². The second kappa shape index (κ2) is 16.2. The SMILES string of the molecule is O.O.Oc1ccccc1OCc1ccccc1.Oc1ccccc1OCc1ccccc1.[Co]. The number of rotatable bonds is 6. The summed E-state index contributed by atoms with van der Waals surface area (Å²) in [6, 6.07) is 33.6. The summed E-state index contributed by atoms with van der Waals surface area (Å²) in [7, 11) is 0. The van der Waals surface area contributed by atoms with Gasteiger partial charge in [-0.2, -0.15) is 0 Å². The minimum atomic E-state index is 0. The Bertz CT molecular complexity index is 944. The van der Waals surface area contributed by atoms with Crippen LogP contribution in [0, 0.1) is 0 Å². The Labute approximate surface area is 203 Å². The average Bonchev–Trinajstić information content (AvgIpc) is 2.80. The summed E-state index contributed by atoms with van der Waals surface area (Å²) < 4.78 is 10.9. The van der Waals surface area contributed by atoms with Gasteiger partial charge < -0.3 is 30.6 Å². The number of para-hydroxylation sites is 4. The van der Waals surface area contributed by atoms with Crippen LogP contribution in [0.5, 0.6) is 23.0 Å². The van der Waals surface area contributed by atoms with Gasteiger partial charge in [-0.25, -0.2) is 0 Å². The molecule has 0 aliphatic heterocycles. The topological polar surface area (TPSA) is 122 Å². The van der Waals surface area contributed by atoms with Crippen molar-refractivity contribution in [3.63, 3.8) is 0 Å². The summed E-state index contributed by atoms with van der Waals surface area (Å²) in [6.07, 6.45) is 0. The standard InChI is InChI=1S/2C13H12O2.Co.2H2O/c2*14-12-8-4-5-9-13(12)15-10-11-6-2-1-3-7-11;;;/h2*1-9,14H,10H2;;2*1H2. The van der Waals surface area contributed by atoms with Gasteiger partial charge in [0.1, 0.15) is 13.2 Å². The number of aromatic hydroxyl groups is 2. The zero-order valence-electron chi connectivity index (χ0n) is 17.9. The van der Waals surface area contributed by atoms with Crippen molar-refractivity contribution in [2.75, 3.05) is 0 Å². The number of phenols is 2. The number of phenolic OH excluding ortho intramolecular Hbond substituents is 2. The number of ether oxygens (including phenoxy) is 2. The predicted molar refractivity (Wildman–Crippen MR) is 125 cm³/mol. The van der Waals surface area contributed by atoms with Crippen LogP contribution in [0.1, 0.15) is 11.1 Å². The van der Waals surface area contributed by atoms with E-state index in [1.807, 2.05) is 72.8 Å². The smallest absolute Gasteiger partial charge is 0.161 e. The third-order valence-corrected chi connectivity index (χ3v) is 4.20. The molecule has 0 bridgehead atoms. The molecule has 0 aromatic heterocycles. The fourth-order valence-electron chi connectivity index (χ4n) is 2.63. The Balaban J connectivity index is 0.000000569. The first kappa shape index (κ1) is 29.5. The van der Waals surface area contributed by atoms with Crippen LogP contribution in [-0.4, -0.2) is 21.2 Å². The summed E-state index contributed by atoms with van der Waals surface area (Å²) in [5.74, 6) is 1.38. The molecule has 1 radical (unpaired) electrons. The third kappa shape index (κ3) is 10.1. The van der Waals surface area contributed by atoms with Crippen molar-refractivity contribution >= 4 is 0 Å². The maximum atomic E-state index is 9.46. The molecule has 0 aliphatic carbocycles. The average molecular weight is 495 g/mol. The van der Waals surface area contributed by atoms with Crippen LogP contribution in [0.2, 0.25) is 0 Å². The molecular formula is C26H28CoO6. The first-order chi connectivity index (χ1) is 14.7. The molecule has 6 nitrogen and oxygen atoms in total. The first-order valence-corrected chi connectivity index (χ1v) is 9.62. The molecule has 6 N–H and O–H groups in total. The molecule has 0 spiro atoms. The van der Waals surface area contributed by atoms with E-state index in [2.05, 4.69) is 0 Å². The Hall–Kier alpha value is -3.49. The van der Waals surface area contributed by atoms with E-state index in [1.54, 1.807) is 36.4 Å². The van der Waals surface area contributed by atoms with E-state index in [-0.39, 0.29) is 39.2 Å². The van der Waals surface area contributed by atoms with E-state index in [4.69, 9.17) is 9.47 Å². The van der Waals surface area contributed by atoms with Gasteiger partial charge in [-0.05, 0) is 35.4 Å². The molecule has 33 heavy (non-hydrogen) atoms. The van der Waals surface area contributed by atoms with Crippen LogP contribution in [0.4, 0.5) is 0 Å². The monoisotopic (exact) mass is 495 g/mol. The maximum Gasteiger partial charge on any atom is 0.161 e. The van der Waals surface area contributed by atoms with Crippen LogP contribution in [0.15, 0.2) is 109 Å². The van der Waals surface area contributed by atoms with Crippen molar-refractivity contribution in [1.82, 2.24) is 0 Å². The Morgan fingerprint density at radius 2 is 0.758 bits per heavy atom. The summed E-state index contributed by atoms with van der Waals surface area (Å²) in [4.78, 5) is 0. The minimum Gasteiger partial charge on any atom is -0.504 e. The second-order valence-corrected chi connectivity index (χ2v) is 6.48. The largest absolute Gasteiger partial charge is 0.504 e. The molecule has 0 heterocycles.